The van der Waals surface area contributed by atoms with E-state index in [0.29, 0.717) is 11.8 Å². The van der Waals surface area contributed by atoms with Crippen molar-refractivity contribution in [3.8, 4) is 0 Å². The van der Waals surface area contributed by atoms with Gasteiger partial charge in [-0.25, -0.2) is 4.39 Å². The summed E-state index contributed by atoms with van der Waals surface area (Å²) in [5, 5.41) is 3.44. The fourth-order valence-corrected chi connectivity index (χ4v) is 3.77. The molecule has 3 unspecified atom stereocenters. The molecule has 1 saturated heterocycles. The predicted molar refractivity (Wildman–Crippen MR) is 76.6 cm³/mol. The first-order chi connectivity index (χ1) is 9.36. The van der Waals surface area contributed by atoms with Gasteiger partial charge in [0.25, 0.3) is 0 Å². The lowest BCUT2D eigenvalue weighted by atomic mass is 9.70. The van der Waals surface area contributed by atoms with E-state index in [1.807, 2.05) is 12.1 Å². The summed E-state index contributed by atoms with van der Waals surface area (Å²) in [6, 6.07) is 7.32. The molecule has 0 radical (unpaired) electrons. The van der Waals surface area contributed by atoms with E-state index >= 15 is 0 Å². The predicted octanol–water partition coefficient (Wildman–Crippen LogP) is 3.88. The Hall–Kier alpha value is -1.15. The summed E-state index contributed by atoms with van der Waals surface area (Å²) in [6.45, 7) is 2.00. The summed E-state index contributed by atoms with van der Waals surface area (Å²) in [4.78, 5) is 0. The van der Waals surface area contributed by atoms with Crippen LogP contribution in [-0.2, 0) is 0 Å². The standard InChI is InChI=1S/C17H22FN/c18-17-9-5-4-8-15(17)16-12-19-11-10-14(16)13-6-2-1-3-7-13/h1-2,4-5,8-9,13-14,16,19H,3,6-7,10-12H2. The van der Waals surface area contributed by atoms with Crippen molar-refractivity contribution in [1.82, 2.24) is 5.32 Å². The highest BCUT2D eigenvalue weighted by molar-refractivity contribution is 5.24. The quantitative estimate of drug-likeness (QED) is 0.795. The summed E-state index contributed by atoms with van der Waals surface area (Å²) in [5.74, 6) is 1.67. The normalized spacial score (nSPS) is 31.3. The average molecular weight is 259 g/mol. The SMILES string of the molecule is Fc1ccccc1C1CNCCC1C1CC=CCC1. The van der Waals surface area contributed by atoms with Gasteiger partial charge in [-0.1, -0.05) is 30.4 Å². The van der Waals surface area contributed by atoms with E-state index in [1.54, 1.807) is 12.1 Å². The van der Waals surface area contributed by atoms with Gasteiger partial charge in [-0.2, -0.15) is 0 Å². The third kappa shape index (κ3) is 2.74. The zero-order valence-corrected chi connectivity index (χ0v) is 11.3. The molecule has 0 saturated carbocycles. The van der Waals surface area contributed by atoms with Crippen LogP contribution in [0.3, 0.4) is 0 Å². The van der Waals surface area contributed by atoms with E-state index in [4.69, 9.17) is 0 Å². The van der Waals surface area contributed by atoms with Crippen molar-refractivity contribution in [2.75, 3.05) is 13.1 Å². The molecule has 1 nitrogen and oxygen atoms in total. The summed E-state index contributed by atoms with van der Waals surface area (Å²) >= 11 is 0. The van der Waals surface area contributed by atoms with Crippen LogP contribution in [0.4, 0.5) is 4.39 Å². The van der Waals surface area contributed by atoms with Gasteiger partial charge in [-0.15, -0.1) is 0 Å². The number of piperidine rings is 1. The fourth-order valence-electron chi connectivity index (χ4n) is 3.77. The van der Waals surface area contributed by atoms with Crippen molar-refractivity contribution in [3.05, 3.63) is 47.8 Å². The van der Waals surface area contributed by atoms with Gasteiger partial charge in [0.05, 0.1) is 0 Å². The molecule has 1 aliphatic heterocycles. The smallest absolute Gasteiger partial charge is 0.126 e. The Balaban J connectivity index is 1.84. The molecule has 1 aromatic carbocycles. The average Bonchev–Trinajstić information content (AvgIpc) is 2.49. The third-order valence-corrected chi connectivity index (χ3v) is 4.76. The summed E-state index contributed by atoms with van der Waals surface area (Å²) in [7, 11) is 0. The lowest BCUT2D eigenvalue weighted by Crippen LogP contribution is -2.39. The third-order valence-electron chi connectivity index (χ3n) is 4.76. The van der Waals surface area contributed by atoms with Crippen molar-refractivity contribution in [1.29, 1.82) is 0 Å². The van der Waals surface area contributed by atoms with Crippen LogP contribution in [-0.4, -0.2) is 13.1 Å². The molecule has 0 amide bonds. The molecule has 0 aromatic heterocycles. The first-order valence-electron chi connectivity index (χ1n) is 7.46. The number of allylic oxidation sites excluding steroid dienone is 2. The van der Waals surface area contributed by atoms with Gasteiger partial charge in [0.1, 0.15) is 5.82 Å². The van der Waals surface area contributed by atoms with Gasteiger partial charge in [0.15, 0.2) is 0 Å². The van der Waals surface area contributed by atoms with Crippen LogP contribution in [0.1, 0.15) is 37.2 Å². The lowest BCUT2D eigenvalue weighted by molar-refractivity contribution is 0.209. The molecule has 1 heterocycles. The molecule has 1 aliphatic carbocycles. The minimum absolute atomic E-state index is 0.0347. The molecule has 2 aliphatic rings. The minimum atomic E-state index is -0.0347. The molecule has 102 valence electrons. The second-order valence-electron chi connectivity index (χ2n) is 5.83. The Morgan fingerprint density at radius 3 is 2.79 bits per heavy atom. The maximum Gasteiger partial charge on any atom is 0.126 e. The van der Waals surface area contributed by atoms with E-state index in [-0.39, 0.29) is 5.82 Å². The molecule has 3 rings (SSSR count). The van der Waals surface area contributed by atoms with Gasteiger partial charge >= 0.3 is 0 Å². The number of rotatable bonds is 2. The molecule has 2 heteroatoms. The van der Waals surface area contributed by atoms with Crippen LogP contribution in [0.5, 0.6) is 0 Å². The number of hydrogen-bond acceptors (Lipinski definition) is 1. The first-order valence-corrected chi connectivity index (χ1v) is 7.46. The van der Waals surface area contributed by atoms with Crippen LogP contribution in [0, 0.1) is 17.7 Å². The first kappa shape index (κ1) is 12.9. The van der Waals surface area contributed by atoms with Crippen LogP contribution in [0.25, 0.3) is 0 Å². The number of halogens is 1. The Labute approximate surface area is 114 Å². The summed E-state index contributed by atoms with van der Waals surface area (Å²) < 4.78 is 14.1. The molecule has 1 N–H and O–H groups in total. The molecule has 1 fully saturated rings. The van der Waals surface area contributed by atoms with Crippen molar-refractivity contribution in [2.45, 2.75) is 31.6 Å². The molecule has 0 bridgehead atoms. The van der Waals surface area contributed by atoms with Crippen molar-refractivity contribution >= 4 is 0 Å². The van der Waals surface area contributed by atoms with Crippen LogP contribution >= 0.6 is 0 Å². The monoisotopic (exact) mass is 259 g/mol. The zero-order valence-electron chi connectivity index (χ0n) is 11.3. The summed E-state index contributed by atoms with van der Waals surface area (Å²) in [5.41, 5.74) is 0.911. The van der Waals surface area contributed by atoms with Gasteiger partial charge in [0.2, 0.25) is 0 Å². The fraction of sp³-hybridized carbons (Fsp3) is 0.529. The largest absolute Gasteiger partial charge is 0.316 e. The topological polar surface area (TPSA) is 12.0 Å². The molecule has 1 aromatic rings. The van der Waals surface area contributed by atoms with Crippen molar-refractivity contribution < 1.29 is 4.39 Å². The molecular formula is C17H22FN. The minimum Gasteiger partial charge on any atom is -0.316 e. The molecule has 0 spiro atoms. The Morgan fingerprint density at radius 1 is 1.11 bits per heavy atom. The Morgan fingerprint density at radius 2 is 2.00 bits per heavy atom. The van der Waals surface area contributed by atoms with Crippen LogP contribution < -0.4 is 5.32 Å². The van der Waals surface area contributed by atoms with E-state index in [2.05, 4.69) is 17.5 Å². The maximum atomic E-state index is 14.1. The van der Waals surface area contributed by atoms with Crippen LogP contribution in [0.2, 0.25) is 0 Å². The maximum absolute atomic E-state index is 14.1. The highest BCUT2D eigenvalue weighted by Crippen LogP contribution is 2.40. The van der Waals surface area contributed by atoms with E-state index in [1.165, 1.54) is 25.7 Å². The van der Waals surface area contributed by atoms with E-state index in [9.17, 15) is 4.39 Å². The van der Waals surface area contributed by atoms with Crippen molar-refractivity contribution in [3.63, 3.8) is 0 Å². The number of hydrogen-bond donors (Lipinski definition) is 1. The Bertz CT molecular complexity index is 454. The second kappa shape index (κ2) is 5.87. The summed E-state index contributed by atoms with van der Waals surface area (Å²) in [6.07, 6.45) is 9.42. The second-order valence-corrected chi connectivity index (χ2v) is 5.83. The molecule has 19 heavy (non-hydrogen) atoms. The molecule has 3 atom stereocenters. The van der Waals surface area contributed by atoms with E-state index in [0.717, 1.165) is 24.6 Å². The Kier molecular flexibility index (Phi) is 3.97. The van der Waals surface area contributed by atoms with Gasteiger partial charge in [-0.3, -0.25) is 0 Å². The van der Waals surface area contributed by atoms with Crippen molar-refractivity contribution in [2.24, 2.45) is 11.8 Å². The number of benzene rings is 1. The molecular weight excluding hydrogens is 237 g/mol. The van der Waals surface area contributed by atoms with E-state index < -0.39 is 0 Å². The zero-order chi connectivity index (χ0) is 13.1. The number of nitrogens with one attached hydrogen (secondary N) is 1. The lowest BCUT2D eigenvalue weighted by Gasteiger charge is -2.38. The highest BCUT2D eigenvalue weighted by Gasteiger charge is 2.33. The van der Waals surface area contributed by atoms with Gasteiger partial charge in [-0.05, 0) is 55.7 Å². The highest BCUT2D eigenvalue weighted by atomic mass is 19.1. The van der Waals surface area contributed by atoms with Gasteiger partial charge in [0, 0.05) is 12.5 Å². The van der Waals surface area contributed by atoms with Gasteiger partial charge < -0.3 is 5.32 Å². The van der Waals surface area contributed by atoms with Crippen LogP contribution in [0.15, 0.2) is 36.4 Å².